The van der Waals surface area contributed by atoms with E-state index < -0.39 is 0 Å². The smallest absolute Gasteiger partial charge is 0.159 e. The topological polar surface area (TPSA) is 115 Å². The predicted octanol–water partition coefficient (Wildman–Crippen LogP) is 5.33. The zero-order valence-electron chi connectivity index (χ0n) is 24.2. The van der Waals surface area contributed by atoms with Gasteiger partial charge in [-0.2, -0.15) is 5.10 Å². The average molecular weight is 577 g/mol. The number of likely N-dealkylation sites (tertiary alicyclic amines) is 1. The first kappa shape index (κ1) is 27.1. The summed E-state index contributed by atoms with van der Waals surface area (Å²) in [6, 6.07) is 9.13. The van der Waals surface area contributed by atoms with Crippen LogP contribution in [0.5, 0.6) is 0 Å². The van der Waals surface area contributed by atoms with Crippen LogP contribution in [-0.4, -0.2) is 85.2 Å². The molecule has 1 fully saturated rings. The molecular weight excluding hydrogens is 543 g/mol. The highest BCUT2D eigenvalue weighted by atomic mass is 19.1. The first-order valence-corrected chi connectivity index (χ1v) is 14.5. The number of nitrogens with one attached hydrogen (secondary N) is 3. The van der Waals surface area contributed by atoms with Gasteiger partial charge in [0.25, 0.3) is 0 Å². The molecule has 0 atom stereocenters. The predicted molar refractivity (Wildman–Crippen MR) is 167 cm³/mol. The highest BCUT2D eigenvalue weighted by Gasteiger charge is 2.18. The van der Waals surface area contributed by atoms with E-state index in [1.54, 1.807) is 18.6 Å². The quantitative estimate of drug-likeness (QED) is 0.212. The van der Waals surface area contributed by atoms with Crippen LogP contribution < -0.4 is 5.32 Å². The minimum atomic E-state index is -0.324. The number of imidazole rings is 1. The zero-order chi connectivity index (χ0) is 29.3. The summed E-state index contributed by atoms with van der Waals surface area (Å²) < 4.78 is 14.7. The maximum atomic E-state index is 14.7. The van der Waals surface area contributed by atoms with E-state index in [2.05, 4.69) is 46.3 Å². The molecular formula is C32H33FN10. The number of hydrogen-bond donors (Lipinski definition) is 3. The van der Waals surface area contributed by atoms with Crippen LogP contribution in [0.1, 0.15) is 18.4 Å². The van der Waals surface area contributed by atoms with Crippen LogP contribution in [0.15, 0.2) is 61.3 Å². The lowest BCUT2D eigenvalue weighted by Crippen LogP contribution is -2.20. The number of benzene rings is 1. The third-order valence-electron chi connectivity index (χ3n) is 7.86. The number of H-pyrrole nitrogens is 2. The molecule has 1 aromatic carbocycles. The number of fused-ring (bicyclic) bond motifs is 2. The molecule has 1 saturated heterocycles. The van der Waals surface area contributed by atoms with E-state index in [0.717, 1.165) is 59.4 Å². The molecule has 43 heavy (non-hydrogen) atoms. The Kier molecular flexibility index (Phi) is 7.25. The Morgan fingerprint density at radius 3 is 2.65 bits per heavy atom. The van der Waals surface area contributed by atoms with E-state index in [1.165, 1.54) is 30.5 Å². The van der Waals surface area contributed by atoms with Crippen molar-refractivity contribution in [3.8, 4) is 33.9 Å². The molecule has 0 spiro atoms. The molecule has 1 aliphatic rings. The number of halogens is 1. The van der Waals surface area contributed by atoms with Crippen molar-refractivity contribution in [1.82, 2.24) is 44.9 Å². The average Bonchev–Trinajstić information content (AvgIpc) is 3.76. The number of likely N-dealkylation sites (N-methyl/N-ethyl adjacent to an activating group) is 1. The fraction of sp³-hybridized carbons (Fsp3) is 0.281. The normalized spacial score (nSPS) is 14.0. The highest BCUT2D eigenvalue weighted by molar-refractivity contribution is 5.97. The van der Waals surface area contributed by atoms with E-state index >= 15 is 0 Å². The van der Waals surface area contributed by atoms with Crippen molar-refractivity contribution >= 4 is 27.6 Å². The van der Waals surface area contributed by atoms with Crippen molar-refractivity contribution in [2.75, 3.05) is 45.6 Å². The van der Waals surface area contributed by atoms with Gasteiger partial charge in [-0.15, -0.1) is 0 Å². The Bertz CT molecular complexity index is 1900. The van der Waals surface area contributed by atoms with Gasteiger partial charge in [0.1, 0.15) is 11.5 Å². The summed E-state index contributed by atoms with van der Waals surface area (Å²) in [5, 5.41) is 11.9. The molecule has 0 bridgehead atoms. The second-order valence-corrected chi connectivity index (χ2v) is 11.4. The van der Waals surface area contributed by atoms with Crippen LogP contribution in [0.25, 0.3) is 55.8 Å². The molecule has 10 nitrogen and oxygen atoms in total. The molecule has 0 unspecified atom stereocenters. The Hall–Kier alpha value is -4.74. The van der Waals surface area contributed by atoms with Crippen LogP contribution in [-0.2, 0) is 6.54 Å². The molecule has 7 rings (SSSR count). The lowest BCUT2D eigenvalue weighted by molar-refractivity contribution is 0.331. The van der Waals surface area contributed by atoms with Gasteiger partial charge in [0, 0.05) is 60.4 Å². The maximum Gasteiger partial charge on any atom is 0.159 e. The first-order valence-electron chi connectivity index (χ1n) is 14.5. The third-order valence-corrected chi connectivity index (χ3v) is 7.86. The van der Waals surface area contributed by atoms with Crippen molar-refractivity contribution in [3.63, 3.8) is 0 Å². The Balaban J connectivity index is 1.22. The molecule has 6 aromatic rings. The second-order valence-electron chi connectivity index (χ2n) is 11.4. The highest BCUT2D eigenvalue weighted by Crippen LogP contribution is 2.33. The number of aromatic amines is 2. The van der Waals surface area contributed by atoms with Crippen molar-refractivity contribution < 1.29 is 4.39 Å². The summed E-state index contributed by atoms with van der Waals surface area (Å²) in [7, 11) is 4.01. The van der Waals surface area contributed by atoms with E-state index in [9.17, 15) is 4.39 Å². The van der Waals surface area contributed by atoms with Gasteiger partial charge in [0.15, 0.2) is 5.82 Å². The minimum absolute atomic E-state index is 0.324. The minimum Gasteiger partial charge on any atom is -0.384 e. The molecule has 218 valence electrons. The van der Waals surface area contributed by atoms with Crippen LogP contribution in [0.4, 0.5) is 10.1 Å². The molecule has 0 saturated carbocycles. The summed E-state index contributed by atoms with van der Waals surface area (Å²) in [5.41, 5.74) is 8.01. The maximum absolute atomic E-state index is 14.7. The van der Waals surface area contributed by atoms with E-state index in [-0.39, 0.29) is 5.82 Å². The van der Waals surface area contributed by atoms with E-state index in [0.29, 0.717) is 34.8 Å². The van der Waals surface area contributed by atoms with Crippen molar-refractivity contribution in [3.05, 3.63) is 72.7 Å². The lowest BCUT2D eigenvalue weighted by atomic mass is 10.1. The van der Waals surface area contributed by atoms with Gasteiger partial charge < -0.3 is 15.2 Å². The Morgan fingerprint density at radius 1 is 0.930 bits per heavy atom. The number of aromatic nitrogens is 7. The first-order chi connectivity index (χ1) is 21.0. The number of rotatable bonds is 9. The SMILES string of the molecule is CN(C)CCNc1cc(F)cc(-c2cncc3[nH]c(-c4n[nH]c5cnc(-c6cncc(CN7CCCC7)c6)cc45)nc23)c1. The third kappa shape index (κ3) is 5.69. The van der Waals surface area contributed by atoms with Gasteiger partial charge in [-0.1, -0.05) is 0 Å². The van der Waals surface area contributed by atoms with E-state index in [4.69, 9.17) is 9.97 Å². The Morgan fingerprint density at radius 2 is 1.79 bits per heavy atom. The molecule has 0 radical (unpaired) electrons. The zero-order valence-corrected chi connectivity index (χ0v) is 24.2. The van der Waals surface area contributed by atoms with Crippen LogP contribution in [0.3, 0.4) is 0 Å². The van der Waals surface area contributed by atoms with E-state index in [1.807, 2.05) is 38.6 Å². The fourth-order valence-corrected chi connectivity index (χ4v) is 5.70. The summed E-state index contributed by atoms with van der Waals surface area (Å²) in [6.45, 7) is 4.70. The molecule has 5 aromatic heterocycles. The number of anilines is 1. The monoisotopic (exact) mass is 576 g/mol. The molecule has 11 heteroatoms. The number of hydrogen-bond acceptors (Lipinski definition) is 8. The van der Waals surface area contributed by atoms with Crippen molar-refractivity contribution in [2.24, 2.45) is 0 Å². The lowest BCUT2D eigenvalue weighted by Gasteiger charge is -2.14. The molecule has 1 aliphatic heterocycles. The van der Waals surface area contributed by atoms with Crippen molar-refractivity contribution in [1.29, 1.82) is 0 Å². The second kappa shape index (κ2) is 11.5. The Labute approximate surface area is 248 Å². The van der Waals surface area contributed by atoms with Gasteiger partial charge in [-0.05, 0) is 81.5 Å². The molecule has 0 amide bonds. The van der Waals surface area contributed by atoms with Gasteiger partial charge in [-0.25, -0.2) is 9.37 Å². The molecule has 0 aliphatic carbocycles. The molecule has 3 N–H and O–H groups in total. The van der Waals surface area contributed by atoms with Gasteiger partial charge in [-0.3, -0.25) is 25.0 Å². The van der Waals surface area contributed by atoms with Crippen LogP contribution in [0.2, 0.25) is 0 Å². The molecule has 6 heterocycles. The van der Waals surface area contributed by atoms with Gasteiger partial charge in [0.05, 0.1) is 34.6 Å². The summed E-state index contributed by atoms with van der Waals surface area (Å²) >= 11 is 0. The number of pyridine rings is 3. The van der Waals surface area contributed by atoms with Gasteiger partial charge in [0.2, 0.25) is 0 Å². The summed E-state index contributed by atoms with van der Waals surface area (Å²) in [5.74, 6) is 0.268. The van der Waals surface area contributed by atoms with Gasteiger partial charge >= 0.3 is 0 Å². The number of nitrogens with zero attached hydrogens (tertiary/aromatic N) is 7. The van der Waals surface area contributed by atoms with Crippen LogP contribution in [0, 0.1) is 5.82 Å². The largest absolute Gasteiger partial charge is 0.384 e. The summed E-state index contributed by atoms with van der Waals surface area (Å²) in [6.07, 6.45) is 11.5. The summed E-state index contributed by atoms with van der Waals surface area (Å²) in [4.78, 5) is 26.5. The standard InChI is InChI=1S/C32H33FN10/c1-42(2)8-5-36-24-11-21(10-23(33)12-24)26-16-35-17-29-30(26)39-32(38-29)31-25-13-27(37-18-28(25)40-41-31)22-9-20(14-34-15-22)19-43-6-3-4-7-43/h9-18,36H,3-8,19H2,1-2H3,(H,38,39)(H,40,41). The fourth-order valence-electron chi connectivity index (χ4n) is 5.70. The van der Waals surface area contributed by atoms with Crippen LogP contribution >= 0.6 is 0 Å². The van der Waals surface area contributed by atoms with Crippen molar-refractivity contribution in [2.45, 2.75) is 19.4 Å².